The van der Waals surface area contributed by atoms with E-state index in [1.54, 1.807) is 6.92 Å². The molecule has 1 heterocycles. The molecule has 0 amide bonds. The zero-order valence-electron chi connectivity index (χ0n) is 10.7. The average Bonchev–Trinajstić information content (AvgIpc) is 2.36. The van der Waals surface area contributed by atoms with Crippen molar-refractivity contribution in [3.05, 3.63) is 0 Å². The first-order chi connectivity index (χ1) is 8.01. The Hall–Kier alpha value is -0.670. The predicted octanol–water partition coefficient (Wildman–Crippen LogP) is 1.07. The van der Waals surface area contributed by atoms with Gasteiger partial charge in [-0.2, -0.15) is 5.26 Å². The second kappa shape index (κ2) is 5.78. The van der Waals surface area contributed by atoms with E-state index in [0.717, 1.165) is 0 Å². The molecule has 1 aliphatic heterocycles. The Balaban J connectivity index is 2.81. The summed E-state index contributed by atoms with van der Waals surface area (Å²) in [6.45, 7) is 2.69. The maximum absolute atomic E-state index is 10.6. The molecule has 0 saturated carbocycles. The maximum Gasteiger partial charge on any atom is 0.159 e. The van der Waals surface area contributed by atoms with Crippen LogP contribution in [0.15, 0.2) is 0 Å². The van der Waals surface area contributed by atoms with Gasteiger partial charge in [0.2, 0.25) is 0 Å². The second-order valence-electron chi connectivity index (χ2n) is 4.69. The number of methoxy groups -OCH3 is 2. The van der Waals surface area contributed by atoms with Crippen molar-refractivity contribution < 1.29 is 19.3 Å². The zero-order chi connectivity index (χ0) is 12.9. The summed E-state index contributed by atoms with van der Waals surface area (Å²) in [5.41, 5.74) is -1.93. The fraction of sp³-hybridized carbons (Fsp3) is 0.917. The molecule has 98 valence electrons. The van der Waals surface area contributed by atoms with Crippen LogP contribution >= 0.6 is 0 Å². The van der Waals surface area contributed by atoms with Crippen LogP contribution in [-0.4, -0.2) is 44.4 Å². The van der Waals surface area contributed by atoms with E-state index in [9.17, 15) is 10.4 Å². The Morgan fingerprint density at radius 1 is 1.41 bits per heavy atom. The number of hydrogen-bond donors (Lipinski definition) is 1. The summed E-state index contributed by atoms with van der Waals surface area (Å²) in [5, 5.41) is 20.0. The SMILES string of the molecule is COC(CC(C)(O)C1(C#N)CCOCC1)OC. The molecule has 0 bridgehead atoms. The Bertz CT molecular complexity index is 275. The lowest BCUT2D eigenvalue weighted by molar-refractivity contribution is -0.173. The molecule has 1 aliphatic rings. The lowest BCUT2D eigenvalue weighted by Crippen LogP contribution is -2.50. The van der Waals surface area contributed by atoms with Crippen LogP contribution in [0.1, 0.15) is 26.2 Å². The minimum absolute atomic E-state index is 0.271. The van der Waals surface area contributed by atoms with Crippen LogP contribution in [0.25, 0.3) is 0 Å². The molecule has 1 N–H and O–H groups in total. The van der Waals surface area contributed by atoms with E-state index in [0.29, 0.717) is 26.1 Å². The summed E-state index contributed by atoms with van der Waals surface area (Å²) in [7, 11) is 3.04. The molecular weight excluding hydrogens is 222 g/mol. The van der Waals surface area contributed by atoms with Crippen molar-refractivity contribution in [1.82, 2.24) is 0 Å². The first-order valence-corrected chi connectivity index (χ1v) is 5.78. The highest BCUT2D eigenvalue weighted by Crippen LogP contribution is 2.43. The Morgan fingerprint density at radius 2 is 1.94 bits per heavy atom. The minimum atomic E-state index is -1.15. The number of hydrogen-bond acceptors (Lipinski definition) is 5. The topological polar surface area (TPSA) is 71.7 Å². The molecule has 1 rings (SSSR count). The predicted molar refractivity (Wildman–Crippen MR) is 61.1 cm³/mol. The summed E-state index contributed by atoms with van der Waals surface area (Å²) in [6, 6.07) is 2.27. The van der Waals surface area contributed by atoms with Crippen molar-refractivity contribution in [1.29, 1.82) is 5.26 Å². The van der Waals surface area contributed by atoms with Gasteiger partial charge in [0.1, 0.15) is 0 Å². The van der Waals surface area contributed by atoms with E-state index in [1.165, 1.54) is 14.2 Å². The van der Waals surface area contributed by atoms with Gasteiger partial charge >= 0.3 is 0 Å². The molecule has 0 radical (unpaired) electrons. The number of ether oxygens (including phenoxy) is 3. The standard InChI is InChI=1S/C12H21NO4/c1-11(14,8-10(15-2)16-3)12(9-13)4-6-17-7-5-12/h10,14H,4-8H2,1-3H3. The van der Waals surface area contributed by atoms with Gasteiger partial charge in [0.15, 0.2) is 6.29 Å². The molecule has 0 spiro atoms. The van der Waals surface area contributed by atoms with Gasteiger partial charge in [0, 0.05) is 33.9 Å². The average molecular weight is 243 g/mol. The Morgan fingerprint density at radius 3 is 2.35 bits per heavy atom. The summed E-state index contributed by atoms with van der Waals surface area (Å²) in [4.78, 5) is 0. The van der Waals surface area contributed by atoms with Gasteiger partial charge < -0.3 is 19.3 Å². The molecule has 1 fully saturated rings. The molecular formula is C12H21NO4. The molecule has 0 aromatic carbocycles. The summed E-state index contributed by atoms with van der Waals surface area (Å²) in [5.74, 6) is 0. The van der Waals surface area contributed by atoms with Crippen LogP contribution in [0.5, 0.6) is 0 Å². The van der Waals surface area contributed by atoms with Gasteiger partial charge in [0.05, 0.1) is 17.1 Å². The molecule has 0 aliphatic carbocycles. The number of nitrogens with zero attached hydrogens (tertiary/aromatic N) is 1. The molecule has 0 aromatic rings. The minimum Gasteiger partial charge on any atom is -0.388 e. The van der Waals surface area contributed by atoms with Gasteiger partial charge in [0.25, 0.3) is 0 Å². The Labute approximate surface area is 102 Å². The van der Waals surface area contributed by atoms with E-state index >= 15 is 0 Å². The van der Waals surface area contributed by atoms with E-state index in [-0.39, 0.29) is 6.42 Å². The largest absolute Gasteiger partial charge is 0.388 e. The van der Waals surface area contributed by atoms with Crippen molar-refractivity contribution in [2.24, 2.45) is 5.41 Å². The first kappa shape index (κ1) is 14.4. The molecule has 1 unspecified atom stereocenters. The van der Waals surface area contributed by atoms with E-state index in [4.69, 9.17) is 14.2 Å². The first-order valence-electron chi connectivity index (χ1n) is 5.78. The smallest absolute Gasteiger partial charge is 0.159 e. The van der Waals surface area contributed by atoms with Crippen LogP contribution in [0.3, 0.4) is 0 Å². The van der Waals surface area contributed by atoms with Crippen LogP contribution in [-0.2, 0) is 14.2 Å². The molecule has 5 heteroatoms. The molecule has 0 aromatic heterocycles. The number of nitriles is 1. The number of aliphatic hydroxyl groups is 1. The molecule has 1 saturated heterocycles. The van der Waals surface area contributed by atoms with Gasteiger partial charge in [-0.15, -0.1) is 0 Å². The quantitative estimate of drug-likeness (QED) is 0.731. The zero-order valence-corrected chi connectivity index (χ0v) is 10.7. The third-order valence-electron chi connectivity index (χ3n) is 3.68. The lowest BCUT2D eigenvalue weighted by Gasteiger charge is -2.43. The van der Waals surface area contributed by atoms with Crippen molar-refractivity contribution in [2.75, 3.05) is 27.4 Å². The van der Waals surface area contributed by atoms with Gasteiger partial charge in [-0.05, 0) is 19.8 Å². The third-order valence-corrected chi connectivity index (χ3v) is 3.68. The van der Waals surface area contributed by atoms with Gasteiger partial charge in [-0.1, -0.05) is 0 Å². The highest BCUT2D eigenvalue weighted by atomic mass is 16.7. The van der Waals surface area contributed by atoms with E-state index in [1.807, 2.05) is 0 Å². The van der Waals surface area contributed by atoms with Gasteiger partial charge in [-0.3, -0.25) is 0 Å². The second-order valence-corrected chi connectivity index (χ2v) is 4.69. The van der Waals surface area contributed by atoms with Crippen molar-refractivity contribution >= 4 is 0 Å². The normalized spacial score (nSPS) is 23.1. The van der Waals surface area contributed by atoms with Crippen LogP contribution < -0.4 is 0 Å². The van der Waals surface area contributed by atoms with Crippen molar-refractivity contribution in [3.8, 4) is 6.07 Å². The van der Waals surface area contributed by atoms with Crippen molar-refractivity contribution in [2.45, 2.75) is 38.1 Å². The van der Waals surface area contributed by atoms with Gasteiger partial charge in [-0.25, -0.2) is 0 Å². The van der Waals surface area contributed by atoms with E-state index in [2.05, 4.69) is 6.07 Å². The van der Waals surface area contributed by atoms with Crippen LogP contribution in [0.4, 0.5) is 0 Å². The monoisotopic (exact) mass is 243 g/mol. The number of rotatable bonds is 5. The molecule has 1 atom stereocenters. The van der Waals surface area contributed by atoms with Crippen molar-refractivity contribution in [3.63, 3.8) is 0 Å². The van der Waals surface area contributed by atoms with E-state index < -0.39 is 17.3 Å². The maximum atomic E-state index is 10.6. The summed E-state index contributed by atoms with van der Waals surface area (Å²) in [6.07, 6.45) is 0.846. The summed E-state index contributed by atoms with van der Waals surface area (Å²) < 4.78 is 15.4. The molecule has 5 nitrogen and oxygen atoms in total. The lowest BCUT2D eigenvalue weighted by atomic mass is 9.67. The summed E-state index contributed by atoms with van der Waals surface area (Å²) >= 11 is 0. The highest BCUT2D eigenvalue weighted by molar-refractivity contribution is 5.11. The fourth-order valence-corrected chi connectivity index (χ4v) is 2.27. The van der Waals surface area contributed by atoms with Crippen LogP contribution in [0, 0.1) is 16.7 Å². The highest BCUT2D eigenvalue weighted by Gasteiger charge is 2.49. The third kappa shape index (κ3) is 2.96. The fourth-order valence-electron chi connectivity index (χ4n) is 2.27. The van der Waals surface area contributed by atoms with Crippen LogP contribution in [0.2, 0.25) is 0 Å². The molecule has 17 heavy (non-hydrogen) atoms. The Kier molecular flexibility index (Phi) is 4.90.